The molecule has 1 aromatic rings. The highest BCUT2D eigenvalue weighted by atomic mass is 16.7. The average molecular weight is 364 g/mol. The number of aliphatic imine (C=N–C) groups is 1. The number of allylic oxidation sites excluding steroid dienone is 2. The Morgan fingerprint density at radius 3 is 2.58 bits per heavy atom. The maximum absolute atomic E-state index is 11.8. The molecule has 0 spiro atoms. The summed E-state index contributed by atoms with van der Waals surface area (Å²) in [4.78, 5) is 21.0. The fourth-order valence-electron chi connectivity index (χ4n) is 2.54. The van der Waals surface area contributed by atoms with Crippen molar-refractivity contribution in [1.29, 1.82) is 0 Å². The van der Waals surface area contributed by atoms with Gasteiger partial charge < -0.3 is 14.6 Å². The second-order valence-electron chi connectivity index (χ2n) is 5.75. The van der Waals surface area contributed by atoms with Crippen molar-refractivity contribution in [3.8, 4) is 0 Å². The molecule has 1 rings (SSSR count). The van der Waals surface area contributed by atoms with Gasteiger partial charge in [0.2, 0.25) is 5.84 Å². The Labute approximate surface area is 154 Å². The van der Waals surface area contributed by atoms with Gasteiger partial charge >= 0.3 is 5.97 Å². The van der Waals surface area contributed by atoms with Crippen molar-refractivity contribution >= 4 is 11.8 Å². The minimum absolute atomic E-state index is 0.0123. The molecule has 1 atom stereocenters. The third kappa shape index (κ3) is 5.45. The van der Waals surface area contributed by atoms with E-state index in [1.807, 2.05) is 20.8 Å². The Morgan fingerprint density at radius 1 is 1.46 bits per heavy atom. The number of hydrogen-bond donors (Lipinski definition) is 1. The number of carbonyl (C=O) groups is 1. The van der Waals surface area contributed by atoms with E-state index in [-0.39, 0.29) is 11.8 Å². The summed E-state index contributed by atoms with van der Waals surface area (Å²) < 4.78 is 9.95. The molecule has 8 nitrogen and oxygen atoms in total. The maximum Gasteiger partial charge on any atom is 0.376 e. The molecule has 26 heavy (non-hydrogen) atoms. The molecule has 0 bridgehead atoms. The number of hydroxylamine groups is 2. The summed E-state index contributed by atoms with van der Waals surface area (Å²) in [6.45, 7) is 11.7. The zero-order valence-corrected chi connectivity index (χ0v) is 16.5. The minimum Gasteiger partial charge on any atom is -0.463 e. The Morgan fingerprint density at radius 2 is 2.12 bits per heavy atom. The van der Waals surface area contributed by atoms with E-state index in [4.69, 9.17) is 14.1 Å². The first-order chi connectivity index (χ1) is 12.2. The molecule has 0 saturated heterocycles. The molecule has 1 aromatic heterocycles. The first-order valence-corrected chi connectivity index (χ1v) is 8.29. The first kappa shape index (κ1) is 21.4. The number of hydrogen-bond acceptors (Lipinski definition) is 7. The van der Waals surface area contributed by atoms with Crippen LogP contribution in [0.3, 0.4) is 0 Å². The van der Waals surface area contributed by atoms with Gasteiger partial charge in [-0.1, -0.05) is 31.7 Å². The molecule has 1 N–H and O–H groups in total. The molecule has 144 valence electrons. The van der Waals surface area contributed by atoms with Crippen LogP contribution in [-0.4, -0.2) is 43.3 Å². The van der Waals surface area contributed by atoms with E-state index in [1.54, 1.807) is 7.05 Å². The van der Waals surface area contributed by atoms with Crippen LogP contribution < -0.4 is 5.32 Å². The molecule has 0 fully saturated rings. The van der Waals surface area contributed by atoms with Gasteiger partial charge in [0, 0.05) is 24.2 Å². The van der Waals surface area contributed by atoms with Crippen molar-refractivity contribution in [1.82, 2.24) is 15.5 Å². The molecule has 8 heteroatoms. The van der Waals surface area contributed by atoms with Gasteiger partial charge in [-0.2, -0.15) is 0 Å². The quantitative estimate of drug-likeness (QED) is 0.344. The third-order valence-electron chi connectivity index (χ3n) is 3.86. The van der Waals surface area contributed by atoms with E-state index in [0.29, 0.717) is 5.82 Å². The summed E-state index contributed by atoms with van der Waals surface area (Å²) in [6.07, 6.45) is 2.79. The summed E-state index contributed by atoms with van der Waals surface area (Å²) in [5.74, 6) is 0.564. The predicted octanol–water partition coefficient (Wildman–Crippen LogP) is 2.81. The van der Waals surface area contributed by atoms with Crippen LogP contribution in [0.4, 0.5) is 0 Å². The molecule has 0 radical (unpaired) electrons. The Kier molecular flexibility index (Phi) is 8.05. The highest BCUT2D eigenvalue weighted by Crippen LogP contribution is 2.25. The zero-order valence-electron chi connectivity index (χ0n) is 16.5. The fraction of sp³-hybridized carbons (Fsp3) is 0.500. The largest absolute Gasteiger partial charge is 0.463 e. The van der Waals surface area contributed by atoms with Gasteiger partial charge in [0.25, 0.3) is 0 Å². The monoisotopic (exact) mass is 364 g/mol. The van der Waals surface area contributed by atoms with E-state index >= 15 is 0 Å². The fourth-order valence-corrected chi connectivity index (χ4v) is 2.54. The van der Waals surface area contributed by atoms with E-state index in [2.05, 4.69) is 35.0 Å². The van der Waals surface area contributed by atoms with Crippen molar-refractivity contribution in [3.05, 3.63) is 41.2 Å². The van der Waals surface area contributed by atoms with Crippen LogP contribution in [0.5, 0.6) is 0 Å². The Hall–Kier alpha value is -2.61. The van der Waals surface area contributed by atoms with E-state index in [1.165, 1.54) is 19.3 Å². The number of amidine groups is 1. The zero-order chi connectivity index (χ0) is 19.9. The summed E-state index contributed by atoms with van der Waals surface area (Å²) >= 11 is 0. The molecular weight excluding hydrogens is 336 g/mol. The van der Waals surface area contributed by atoms with Crippen LogP contribution in [0.15, 0.2) is 33.7 Å². The van der Waals surface area contributed by atoms with Crippen molar-refractivity contribution < 1.29 is 18.9 Å². The van der Waals surface area contributed by atoms with Gasteiger partial charge in [-0.15, -0.1) is 0 Å². The number of methoxy groups -OCH3 is 1. The lowest BCUT2D eigenvalue weighted by Crippen LogP contribution is -2.34. The van der Waals surface area contributed by atoms with Gasteiger partial charge in [-0.25, -0.2) is 14.9 Å². The lowest BCUT2D eigenvalue weighted by Gasteiger charge is -2.17. The summed E-state index contributed by atoms with van der Waals surface area (Å²) in [5.41, 5.74) is 2.84. The Balaban J connectivity index is 3.00. The van der Waals surface area contributed by atoms with E-state index in [9.17, 15) is 4.79 Å². The van der Waals surface area contributed by atoms with Gasteiger partial charge in [0.05, 0.1) is 19.9 Å². The number of carbonyl (C=O) groups excluding carboxylic acids is 1. The number of aromatic nitrogens is 1. The van der Waals surface area contributed by atoms with Crippen molar-refractivity contribution in [2.75, 3.05) is 21.3 Å². The molecule has 0 aliphatic heterocycles. The molecular formula is C18H28N4O4. The summed E-state index contributed by atoms with van der Waals surface area (Å²) in [5, 5.41) is 8.33. The standard InChI is InChI=1S/C18H28N4O4/c1-9-15(10-11(2)16-12(3)21-26-13(16)4)19-14(5)20-17(18(23)24-7)22(6)25-8/h10-11,19H,5,9H2,1-4,6-8H3/b15-10+,20-17-. The van der Waals surface area contributed by atoms with Gasteiger partial charge in [0.15, 0.2) is 0 Å². The lowest BCUT2D eigenvalue weighted by molar-refractivity contribution is -0.136. The molecule has 0 aromatic carbocycles. The van der Waals surface area contributed by atoms with Crippen molar-refractivity contribution in [3.63, 3.8) is 0 Å². The van der Waals surface area contributed by atoms with Crippen LogP contribution in [0.25, 0.3) is 0 Å². The number of esters is 1. The number of nitrogens with zero attached hydrogens (tertiary/aromatic N) is 3. The molecule has 0 aliphatic rings. The van der Waals surface area contributed by atoms with E-state index < -0.39 is 5.97 Å². The normalized spacial score (nSPS) is 13.3. The predicted molar refractivity (Wildman–Crippen MR) is 99.3 cm³/mol. The van der Waals surface area contributed by atoms with Crippen LogP contribution in [-0.2, 0) is 14.4 Å². The van der Waals surface area contributed by atoms with Crippen LogP contribution >= 0.6 is 0 Å². The average Bonchev–Trinajstić information content (AvgIpc) is 2.96. The summed E-state index contributed by atoms with van der Waals surface area (Å²) in [7, 11) is 4.26. The maximum atomic E-state index is 11.8. The highest BCUT2D eigenvalue weighted by molar-refractivity contribution is 6.35. The van der Waals surface area contributed by atoms with Crippen LogP contribution in [0.2, 0.25) is 0 Å². The minimum atomic E-state index is -0.622. The number of ether oxygens (including phenoxy) is 1. The molecule has 0 saturated carbocycles. The van der Waals surface area contributed by atoms with Gasteiger partial charge in [0.1, 0.15) is 11.6 Å². The van der Waals surface area contributed by atoms with Crippen LogP contribution in [0.1, 0.15) is 43.2 Å². The first-order valence-electron chi connectivity index (χ1n) is 8.29. The number of aryl methyl sites for hydroxylation is 2. The van der Waals surface area contributed by atoms with Crippen LogP contribution in [0, 0.1) is 13.8 Å². The van der Waals surface area contributed by atoms with Gasteiger partial charge in [-0.05, 0) is 20.3 Å². The van der Waals surface area contributed by atoms with Crippen molar-refractivity contribution in [2.24, 2.45) is 4.99 Å². The van der Waals surface area contributed by atoms with Gasteiger partial charge in [-0.3, -0.25) is 4.84 Å². The molecule has 1 heterocycles. The second-order valence-corrected chi connectivity index (χ2v) is 5.75. The number of likely N-dealkylation sites (N-methyl/N-ethyl adjacent to an activating group) is 1. The Bertz CT molecular complexity index is 687. The van der Waals surface area contributed by atoms with E-state index in [0.717, 1.165) is 29.1 Å². The highest BCUT2D eigenvalue weighted by Gasteiger charge is 2.18. The smallest absolute Gasteiger partial charge is 0.376 e. The molecule has 0 amide bonds. The lowest BCUT2D eigenvalue weighted by atomic mass is 9.98. The third-order valence-corrected chi connectivity index (χ3v) is 3.86. The second kappa shape index (κ2) is 9.76. The summed E-state index contributed by atoms with van der Waals surface area (Å²) in [6, 6.07) is 0. The number of nitrogens with one attached hydrogen (secondary N) is 1. The number of rotatable bonds is 7. The topological polar surface area (TPSA) is 89.2 Å². The molecule has 0 aliphatic carbocycles. The molecule has 1 unspecified atom stereocenters. The SMILES string of the molecule is C=C(/N=C(/C(=O)OC)N(C)OC)N/C(=C/C(C)c1c(C)noc1C)CC. The van der Waals surface area contributed by atoms with Crippen molar-refractivity contribution in [2.45, 2.75) is 40.0 Å².